The van der Waals surface area contributed by atoms with E-state index in [1.807, 2.05) is 6.92 Å². The molecule has 1 heterocycles. The number of nitrogen functional groups attached to an aromatic ring is 1. The highest BCUT2D eigenvalue weighted by atomic mass is 16.5. The zero-order valence-electron chi connectivity index (χ0n) is 13.0. The van der Waals surface area contributed by atoms with Crippen LogP contribution in [0.2, 0.25) is 0 Å². The Morgan fingerprint density at radius 1 is 1.35 bits per heavy atom. The number of hydrogen-bond donors (Lipinski definition) is 1. The van der Waals surface area contributed by atoms with Crippen molar-refractivity contribution in [2.24, 2.45) is 5.41 Å². The quantitative estimate of drug-likeness (QED) is 0.917. The molecule has 1 saturated carbocycles. The van der Waals surface area contributed by atoms with Gasteiger partial charge in [-0.3, -0.25) is 0 Å². The van der Waals surface area contributed by atoms with E-state index in [0.717, 1.165) is 5.82 Å². The third kappa shape index (κ3) is 3.14. The van der Waals surface area contributed by atoms with Crippen molar-refractivity contribution in [1.29, 1.82) is 0 Å². The molecule has 0 aromatic carbocycles. The van der Waals surface area contributed by atoms with Crippen LogP contribution < -0.4 is 15.4 Å². The van der Waals surface area contributed by atoms with Crippen molar-refractivity contribution < 1.29 is 4.74 Å². The fraction of sp³-hybridized carbons (Fsp3) is 0.733. The average molecular weight is 278 g/mol. The average Bonchev–Trinajstić information content (AvgIpc) is 2.41. The van der Waals surface area contributed by atoms with Crippen LogP contribution in [0, 0.1) is 5.41 Å². The maximum Gasteiger partial charge on any atom is 0.242 e. The van der Waals surface area contributed by atoms with Crippen molar-refractivity contribution in [3.8, 4) is 5.88 Å². The number of rotatable bonds is 4. The smallest absolute Gasteiger partial charge is 0.242 e. The van der Waals surface area contributed by atoms with Crippen LogP contribution in [0.3, 0.4) is 0 Å². The molecule has 0 saturated heterocycles. The summed E-state index contributed by atoms with van der Waals surface area (Å²) in [6, 6.07) is 0.495. The van der Waals surface area contributed by atoms with Gasteiger partial charge in [-0.1, -0.05) is 13.8 Å². The first-order valence-corrected chi connectivity index (χ1v) is 7.40. The van der Waals surface area contributed by atoms with Gasteiger partial charge in [0.15, 0.2) is 5.82 Å². The van der Waals surface area contributed by atoms with Crippen LogP contribution in [0.25, 0.3) is 0 Å². The Bertz CT molecular complexity index is 451. The van der Waals surface area contributed by atoms with Crippen LogP contribution in [-0.2, 0) is 0 Å². The Morgan fingerprint density at radius 3 is 2.60 bits per heavy atom. The molecule has 2 N–H and O–H groups in total. The van der Waals surface area contributed by atoms with Crippen LogP contribution >= 0.6 is 0 Å². The van der Waals surface area contributed by atoms with Crippen LogP contribution in [0.15, 0.2) is 6.33 Å². The number of nitrogens with two attached hydrogens (primary N) is 1. The molecule has 1 aromatic heterocycles. The van der Waals surface area contributed by atoms with Crippen LogP contribution in [-0.4, -0.2) is 29.7 Å². The minimum absolute atomic E-state index is 0.463. The summed E-state index contributed by atoms with van der Waals surface area (Å²) >= 11 is 0. The highest BCUT2D eigenvalue weighted by Gasteiger charge is 2.30. The van der Waals surface area contributed by atoms with Gasteiger partial charge in [-0.05, 0) is 38.0 Å². The summed E-state index contributed by atoms with van der Waals surface area (Å²) in [6.45, 7) is 7.17. The van der Waals surface area contributed by atoms with Gasteiger partial charge in [-0.2, -0.15) is 4.98 Å². The van der Waals surface area contributed by atoms with E-state index in [-0.39, 0.29) is 0 Å². The van der Waals surface area contributed by atoms with Crippen molar-refractivity contribution in [3.63, 3.8) is 0 Å². The third-order valence-electron chi connectivity index (χ3n) is 4.30. The molecule has 1 aliphatic rings. The molecular formula is C15H26N4O. The normalized spacial score (nSPS) is 18.8. The SMILES string of the molecule is CCOc1ncnc(N(C)C2CCC(C)(C)CC2)c1N. The largest absolute Gasteiger partial charge is 0.476 e. The summed E-state index contributed by atoms with van der Waals surface area (Å²) in [5, 5.41) is 0. The van der Waals surface area contributed by atoms with Crippen molar-refractivity contribution in [1.82, 2.24) is 9.97 Å². The van der Waals surface area contributed by atoms with Crippen molar-refractivity contribution in [2.45, 2.75) is 52.5 Å². The predicted octanol–water partition coefficient (Wildman–Crippen LogP) is 2.86. The molecule has 0 bridgehead atoms. The zero-order valence-corrected chi connectivity index (χ0v) is 13.0. The van der Waals surface area contributed by atoms with E-state index in [0.29, 0.717) is 29.6 Å². The molecule has 0 radical (unpaired) electrons. The lowest BCUT2D eigenvalue weighted by atomic mass is 9.75. The molecule has 20 heavy (non-hydrogen) atoms. The van der Waals surface area contributed by atoms with Crippen molar-refractivity contribution in [3.05, 3.63) is 6.33 Å². The fourth-order valence-electron chi connectivity index (χ4n) is 2.85. The molecular weight excluding hydrogens is 252 g/mol. The number of nitrogens with zero attached hydrogens (tertiary/aromatic N) is 3. The molecule has 0 unspecified atom stereocenters. The van der Waals surface area contributed by atoms with Gasteiger partial charge in [0.2, 0.25) is 5.88 Å². The van der Waals surface area contributed by atoms with Crippen LogP contribution in [0.4, 0.5) is 11.5 Å². The van der Waals surface area contributed by atoms with Crippen LogP contribution in [0.5, 0.6) is 5.88 Å². The topological polar surface area (TPSA) is 64.3 Å². The Kier molecular flexibility index (Phi) is 4.35. The Labute approximate surface area is 121 Å². The van der Waals surface area contributed by atoms with Gasteiger partial charge in [0.1, 0.15) is 12.0 Å². The van der Waals surface area contributed by atoms with Crippen molar-refractivity contribution in [2.75, 3.05) is 24.3 Å². The summed E-state index contributed by atoms with van der Waals surface area (Å²) in [4.78, 5) is 10.6. The van der Waals surface area contributed by atoms with Gasteiger partial charge in [0, 0.05) is 13.1 Å². The molecule has 0 spiro atoms. The Balaban J connectivity index is 2.13. The number of aromatic nitrogens is 2. The predicted molar refractivity (Wildman–Crippen MR) is 82.1 cm³/mol. The molecule has 1 aliphatic carbocycles. The van der Waals surface area contributed by atoms with Crippen molar-refractivity contribution >= 4 is 11.5 Å². The van der Waals surface area contributed by atoms with Gasteiger partial charge >= 0.3 is 0 Å². The summed E-state index contributed by atoms with van der Waals surface area (Å²) < 4.78 is 5.45. The first-order chi connectivity index (χ1) is 9.44. The molecule has 5 nitrogen and oxygen atoms in total. The monoisotopic (exact) mass is 278 g/mol. The van der Waals surface area contributed by atoms with E-state index < -0.39 is 0 Å². The lowest BCUT2D eigenvalue weighted by Crippen LogP contribution is -2.38. The van der Waals surface area contributed by atoms with Gasteiger partial charge < -0.3 is 15.4 Å². The maximum atomic E-state index is 6.14. The van der Waals surface area contributed by atoms with E-state index in [1.54, 1.807) is 0 Å². The summed E-state index contributed by atoms with van der Waals surface area (Å²) in [7, 11) is 2.07. The van der Waals surface area contributed by atoms with E-state index in [4.69, 9.17) is 10.5 Å². The second kappa shape index (κ2) is 5.85. The summed E-state index contributed by atoms with van der Waals surface area (Å²) in [5.74, 6) is 1.27. The summed E-state index contributed by atoms with van der Waals surface area (Å²) in [5.41, 5.74) is 7.15. The molecule has 5 heteroatoms. The second-order valence-electron chi connectivity index (χ2n) is 6.36. The summed E-state index contributed by atoms with van der Waals surface area (Å²) in [6.07, 6.45) is 6.37. The van der Waals surface area contributed by atoms with Crippen LogP contribution in [0.1, 0.15) is 46.5 Å². The Morgan fingerprint density at radius 2 is 2.00 bits per heavy atom. The third-order valence-corrected chi connectivity index (χ3v) is 4.30. The van der Waals surface area contributed by atoms with E-state index in [2.05, 4.69) is 35.8 Å². The molecule has 0 amide bonds. The lowest BCUT2D eigenvalue weighted by Gasteiger charge is -2.39. The molecule has 112 valence electrons. The minimum atomic E-state index is 0.463. The first-order valence-electron chi connectivity index (χ1n) is 7.40. The second-order valence-corrected chi connectivity index (χ2v) is 6.36. The van der Waals surface area contributed by atoms with Gasteiger partial charge in [0.25, 0.3) is 0 Å². The number of anilines is 2. The molecule has 1 fully saturated rings. The van der Waals surface area contributed by atoms with E-state index in [9.17, 15) is 0 Å². The van der Waals surface area contributed by atoms with Gasteiger partial charge in [-0.15, -0.1) is 0 Å². The number of hydrogen-bond acceptors (Lipinski definition) is 5. The van der Waals surface area contributed by atoms with Gasteiger partial charge in [-0.25, -0.2) is 4.98 Å². The minimum Gasteiger partial charge on any atom is -0.476 e. The zero-order chi connectivity index (χ0) is 14.8. The standard InChI is InChI=1S/C15H26N4O/c1-5-20-14-12(16)13(17-10-18-14)19(4)11-6-8-15(2,3)9-7-11/h10-11H,5-9,16H2,1-4H3. The maximum absolute atomic E-state index is 6.14. The van der Waals surface area contributed by atoms with E-state index >= 15 is 0 Å². The molecule has 0 aliphatic heterocycles. The Hall–Kier alpha value is -1.52. The first kappa shape index (κ1) is 14.9. The van der Waals surface area contributed by atoms with E-state index in [1.165, 1.54) is 32.0 Å². The van der Waals surface area contributed by atoms with Gasteiger partial charge in [0.05, 0.1) is 6.61 Å². The number of ether oxygens (including phenoxy) is 1. The lowest BCUT2D eigenvalue weighted by molar-refractivity contribution is 0.222. The highest BCUT2D eigenvalue weighted by Crippen LogP contribution is 2.38. The molecule has 0 atom stereocenters. The molecule has 2 rings (SSSR count). The highest BCUT2D eigenvalue weighted by molar-refractivity contribution is 5.67. The molecule has 1 aromatic rings. The fourth-order valence-corrected chi connectivity index (χ4v) is 2.85.